The molecule has 1 aliphatic rings. The fourth-order valence-corrected chi connectivity index (χ4v) is 5.84. The zero-order valence-corrected chi connectivity index (χ0v) is 27.1. The van der Waals surface area contributed by atoms with Gasteiger partial charge in [-0.15, -0.1) is 0 Å². The van der Waals surface area contributed by atoms with E-state index in [0.29, 0.717) is 40.5 Å². The van der Waals surface area contributed by atoms with Crippen molar-refractivity contribution in [3.05, 3.63) is 79.7 Å². The van der Waals surface area contributed by atoms with E-state index in [1.807, 2.05) is 12.1 Å². The maximum absolute atomic E-state index is 13.9. The van der Waals surface area contributed by atoms with Crippen molar-refractivity contribution in [1.82, 2.24) is 28.2 Å². The van der Waals surface area contributed by atoms with Crippen LogP contribution < -0.4 is 16.6 Å². The number of anilines is 2. The van der Waals surface area contributed by atoms with Gasteiger partial charge in [-0.25, -0.2) is 19.1 Å². The second-order valence-corrected chi connectivity index (χ2v) is 12.7. The first-order chi connectivity index (χ1) is 21.8. The summed E-state index contributed by atoms with van der Waals surface area (Å²) >= 11 is 6.46. The van der Waals surface area contributed by atoms with Crippen molar-refractivity contribution in [2.24, 2.45) is 20.0 Å². The van der Waals surface area contributed by atoms with Crippen LogP contribution in [0.2, 0.25) is 5.02 Å². The summed E-state index contributed by atoms with van der Waals surface area (Å²) < 4.78 is 16.0. The van der Waals surface area contributed by atoms with Crippen LogP contribution in [0.4, 0.5) is 16.6 Å². The number of carbonyl (C=O) groups excluding carboxylic acids is 2. The standard InChI is InChI=1S/C32H34ClN7O6/c1-7-45-28(42)19-15-18(19)22-11-9-13-24(34-22)35-29-36-26-25(37(29)5)27(41)39(30(43)38(26)6)16-17-14-20-21(33)10-8-12-23(20)40(17)31(44)46-32(2,3)4/h8-14,18-19H,7,15-16H2,1-6H3,(H,34,35,36). The number of rotatable bonds is 7. The monoisotopic (exact) mass is 647 g/mol. The Labute approximate surface area is 268 Å². The van der Waals surface area contributed by atoms with E-state index in [-0.39, 0.29) is 41.5 Å². The Morgan fingerprint density at radius 1 is 1.07 bits per heavy atom. The van der Waals surface area contributed by atoms with Crippen molar-refractivity contribution < 1.29 is 19.1 Å². The van der Waals surface area contributed by atoms with Crippen LogP contribution in [0.1, 0.15) is 51.4 Å². The second-order valence-electron chi connectivity index (χ2n) is 12.3. The Morgan fingerprint density at radius 3 is 2.52 bits per heavy atom. The molecule has 13 nitrogen and oxygen atoms in total. The van der Waals surface area contributed by atoms with Crippen LogP contribution in [0.3, 0.4) is 0 Å². The van der Waals surface area contributed by atoms with Crippen molar-refractivity contribution in [3.63, 3.8) is 0 Å². The quantitative estimate of drug-likeness (QED) is 0.249. The smallest absolute Gasteiger partial charge is 0.419 e. The van der Waals surface area contributed by atoms with E-state index in [9.17, 15) is 19.2 Å². The summed E-state index contributed by atoms with van der Waals surface area (Å²) in [5, 5.41) is 4.14. The predicted octanol–water partition coefficient (Wildman–Crippen LogP) is 4.68. The van der Waals surface area contributed by atoms with E-state index in [0.717, 1.165) is 10.3 Å². The van der Waals surface area contributed by atoms with Gasteiger partial charge in [-0.2, -0.15) is 4.98 Å². The molecule has 0 amide bonds. The Kier molecular flexibility index (Phi) is 7.75. The fourth-order valence-electron chi connectivity index (χ4n) is 5.62. The maximum atomic E-state index is 13.9. The van der Waals surface area contributed by atoms with Gasteiger partial charge in [0.15, 0.2) is 11.2 Å². The molecule has 5 aromatic rings. The van der Waals surface area contributed by atoms with Crippen molar-refractivity contribution in [3.8, 4) is 0 Å². The minimum atomic E-state index is -0.789. The van der Waals surface area contributed by atoms with Crippen LogP contribution in [0.5, 0.6) is 0 Å². The molecule has 1 saturated carbocycles. The van der Waals surface area contributed by atoms with E-state index < -0.39 is 22.9 Å². The van der Waals surface area contributed by atoms with Gasteiger partial charge in [0.25, 0.3) is 5.56 Å². The van der Waals surface area contributed by atoms with Gasteiger partial charge >= 0.3 is 17.8 Å². The third-order valence-electron chi connectivity index (χ3n) is 7.90. The molecule has 0 saturated heterocycles. The third-order valence-corrected chi connectivity index (χ3v) is 8.22. The molecule has 1 aromatic carbocycles. The number of imidazole rings is 1. The summed E-state index contributed by atoms with van der Waals surface area (Å²) in [7, 11) is 3.19. The van der Waals surface area contributed by atoms with E-state index >= 15 is 0 Å². The zero-order chi connectivity index (χ0) is 33.1. The first-order valence-corrected chi connectivity index (χ1v) is 15.3. The van der Waals surface area contributed by atoms with Gasteiger partial charge in [0, 0.05) is 36.1 Å². The normalized spacial score (nSPS) is 16.2. The topological polar surface area (TPSA) is 144 Å². The molecule has 0 spiro atoms. The Hall–Kier alpha value is -4.91. The van der Waals surface area contributed by atoms with E-state index in [1.54, 1.807) is 69.6 Å². The lowest BCUT2D eigenvalue weighted by Crippen LogP contribution is -2.40. The SMILES string of the molecule is CCOC(=O)C1CC1c1cccc(Nc2nc3c(c(=O)n(Cc4cc5c(Cl)cccc5n4C(=O)OC(C)(C)C)c(=O)n3C)n2C)n1. The lowest BCUT2D eigenvalue weighted by Gasteiger charge is -2.21. The molecule has 1 aliphatic carbocycles. The number of fused-ring (bicyclic) bond motifs is 2. The molecule has 1 fully saturated rings. The molecule has 14 heteroatoms. The molecule has 2 unspecified atom stereocenters. The molecule has 240 valence electrons. The fraction of sp³-hybridized carbons (Fsp3) is 0.375. The third kappa shape index (κ3) is 5.55. The number of hydrogen-bond donors (Lipinski definition) is 1. The van der Waals surface area contributed by atoms with Crippen LogP contribution in [-0.4, -0.2) is 52.5 Å². The molecule has 4 heterocycles. The Morgan fingerprint density at radius 2 is 1.80 bits per heavy atom. The molecule has 4 aromatic heterocycles. The number of aryl methyl sites for hydroxylation is 2. The van der Waals surface area contributed by atoms with E-state index in [4.69, 9.17) is 21.1 Å². The molecule has 0 bridgehead atoms. The van der Waals surface area contributed by atoms with E-state index in [2.05, 4.69) is 15.3 Å². The van der Waals surface area contributed by atoms with Crippen LogP contribution in [0.15, 0.2) is 52.1 Å². The van der Waals surface area contributed by atoms with Crippen LogP contribution >= 0.6 is 11.6 Å². The van der Waals surface area contributed by atoms with Gasteiger partial charge in [0.2, 0.25) is 5.95 Å². The average Bonchev–Trinajstić information content (AvgIpc) is 3.61. The van der Waals surface area contributed by atoms with Crippen LogP contribution in [0, 0.1) is 5.92 Å². The number of benzene rings is 1. The molecule has 2 atom stereocenters. The maximum Gasteiger partial charge on any atom is 0.419 e. The summed E-state index contributed by atoms with van der Waals surface area (Å²) in [4.78, 5) is 62.3. The summed E-state index contributed by atoms with van der Waals surface area (Å²) in [6.07, 6.45) is 0.00899. The zero-order valence-electron chi connectivity index (χ0n) is 26.3. The van der Waals surface area contributed by atoms with Crippen LogP contribution in [0.25, 0.3) is 22.1 Å². The van der Waals surface area contributed by atoms with Gasteiger partial charge in [-0.1, -0.05) is 23.7 Å². The van der Waals surface area contributed by atoms with Gasteiger partial charge in [0.1, 0.15) is 11.4 Å². The Bertz CT molecular complexity index is 2150. The number of hydrogen-bond acceptors (Lipinski definition) is 9. The number of esters is 1. The van der Waals surface area contributed by atoms with Gasteiger partial charge in [0.05, 0.1) is 30.3 Å². The highest BCUT2D eigenvalue weighted by molar-refractivity contribution is 6.35. The highest BCUT2D eigenvalue weighted by Gasteiger charge is 2.46. The van der Waals surface area contributed by atoms with Crippen molar-refractivity contribution >= 4 is 57.5 Å². The van der Waals surface area contributed by atoms with Crippen LogP contribution in [-0.2, 0) is 34.9 Å². The minimum Gasteiger partial charge on any atom is -0.466 e. The minimum absolute atomic E-state index is 0.0274. The van der Waals surface area contributed by atoms with Gasteiger partial charge in [-0.05, 0) is 64.4 Å². The number of pyridine rings is 1. The number of ether oxygens (including phenoxy) is 2. The highest BCUT2D eigenvalue weighted by Crippen LogP contribution is 2.47. The number of nitrogens with zero attached hydrogens (tertiary/aromatic N) is 6. The molecule has 46 heavy (non-hydrogen) atoms. The van der Waals surface area contributed by atoms with E-state index in [1.165, 1.54) is 16.2 Å². The van der Waals surface area contributed by atoms with Crippen molar-refractivity contribution in [1.29, 1.82) is 0 Å². The first kappa shape index (κ1) is 31.1. The summed E-state index contributed by atoms with van der Waals surface area (Å²) in [5.74, 6) is 0.290. The highest BCUT2D eigenvalue weighted by atomic mass is 35.5. The lowest BCUT2D eigenvalue weighted by molar-refractivity contribution is -0.144. The summed E-state index contributed by atoms with van der Waals surface area (Å²) in [6.45, 7) is 7.14. The number of aromatic nitrogens is 6. The van der Waals surface area contributed by atoms with Gasteiger partial charge < -0.3 is 19.4 Å². The average molecular weight is 648 g/mol. The number of halogens is 1. The summed E-state index contributed by atoms with van der Waals surface area (Å²) in [5.41, 5.74) is -0.0717. The Balaban J connectivity index is 1.37. The largest absolute Gasteiger partial charge is 0.466 e. The molecule has 0 aliphatic heterocycles. The number of nitrogens with one attached hydrogen (secondary N) is 1. The number of carbonyl (C=O) groups is 2. The summed E-state index contributed by atoms with van der Waals surface area (Å²) in [6, 6.07) is 12.2. The van der Waals surface area contributed by atoms with Crippen molar-refractivity contribution in [2.75, 3.05) is 11.9 Å². The first-order valence-electron chi connectivity index (χ1n) is 14.9. The molecular formula is C32H34ClN7O6. The molecule has 0 radical (unpaired) electrons. The molecule has 1 N–H and O–H groups in total. The second kappa shape index (κ2) is 11.5. The van der Waals surface area contributed by atoms with Gasteiger partial charge in [-0.3, -0.25) is 18.7 Å². The predicted molar refractivity (Wildman–Crippen MR) is 173 cm³/mol. The van der Waals surface area contributed by atoms with Crippen molar-refractivity contribution in [2.45, 2.75) is 52.2 Å². The lowest BCUT2D eigenvalue weighted by atomic mass is 10.2. The molecule has 6 rings (SSSR count). The molecular weight excluding hydrogens is 614 g/mol.